The molecule has 0 radical (unpaired) electrons. The Morgan fingerprint density at radius 3 is 2.74 bits per heavy atom. The lowest BCUT2D eigenvalue weighted by Crippen LogP contribution is -2.33. The Balaban J connectivity index is 1.66. The summed E-state index contributed by atoms with van der Waals surface area (Å²) in [5, 5.41) is 30.1. The number of pyridine rings is 1. The minimum Gasteiger partial charge on any atom is -0.394 e. The average molecular weight is 390 g/mol. The summed E-state index contributed by atoms with van der Waals surface area (Å²) in [5.41, 5.74) is 7.61. The van der Waals surface area contributed by atoms with E-state index in [1.54, 1.807) is 6.20 Å². The van der Waals surface area contributed by atoms with Gasteiger partial charge in [0, 0.05) is 11.9 Å². The molecule has 4 heterocycles. The van der Waals surface area contributed by atoms with Crippen LogP contribution < -0.4 is 5.73 Å². The standard InChI is InChI=1S/C16H18N6O4S/c17-16-20-13-10(14(21-16)27-6-8-3-1-2-4-18-8)19-7-22(13)15-12(25)11(24)9(5-23)26-15/h1-4,7,9,11-12,15,23-25H,5-6H2,(H2,17,20,21)/t9-,11+,12-,15+/m0/s1. The predicted octanol–water partition coefficient (Wildman–Crippen LogP) is -0.293. The number of ether oxygens (including phenoxy) is 1. The summed E-state index contributed by atoms with van der Waals surface area (Å²) in [7, 11) is 0. The van der Waals surface area contributed by atoms with Crippen molar-refractivity contribution in [1.82, 2.24) is 24.5 Å². The van der Waals surface area contributed by atoms with Crippen molar-refractivity contribution >= 4 is 28.9 Å². The Hall–Kier alpha value is -2.31. The number of aliphatic hydroxyl groups excluding tert-OH is 3. The Morgan fingerprint density at radius 1 is 1.19 bits per heavy atom. The summed E-state index contributed by atoms with van der Waals surface area (Å²) in [5.74, 6) is 0.632. The van der Waals surface area contributed by atoms with E-state index in [1.165, 1.54) is 22.7 Å². The maximum Gasteiger partial charge on any atom is 0.223 e. The smallest absolute Gasteiger partial charge is 0.223 e. The first kappa shape index (κ1) is 18.1. The number of hydrogen-bond acceptors (Lipinski definition) is 10. The minimum atomic E-state index is -1.24. The molecule has 4 rings (SSSR count). The number of nitrogens with zero attached hydrogens (tertiary/aromatic N) is 5. The molecule has 142 valence electrons. The zero-order valence-corrected chi connectivity index (χ0v) is 14.9. The highest BCUT2D eigenvalue weighted by Gasteiger charge is 2.44. The Labute approximate surface area is 158 Å². The van der Waals surface area contributed by atoms with Crippen LogP contribution in [0.15, 0.2) is 35.7 Å². The van der Waals surface area contributed by atoms with Crippen LogP contribution in [0.1, 0.15) is 11.9 Å². The Bertz CT molecular complexity index is 939. The Kier molecular flexibility index (Phi) is 4.93. The fourth-order valence-corrected chi connectivity index (χ4v) is 3.82. The quantitative estimate of drug-likeness (QED) is 0.337. The number of rotatable bonds is 5. The van der Waals surface area contributed by atoms with Crippen LogP contribution in [0.4, 0.5) is 5.95 Å². The third-order valence-electron chi connectivity index (χ3n) is 4.28. The molecule has 3 aromatic rings. The van der Waals surface area contributed by atoms with Crippen molar-refractivity contribution in [1.29, 1.82) is 0 Å². The molecule has 1 aliphatic rings. The molecule has 0 saturated carbocycles. The first-order valence-corrected chi connectivity index (χ1v) is 9.22. The molecule has 5 N–H and O–H groups in total. The summed E-state index contributed by atoms with van der Waals surface area (Å²) in [6.07, 6.45) is -1.11. The van der Waals surface area contributed by atoms with E-state index in [1.807, 2.05) is 18.2 Å². The van der Waals surface area contributed by atoms with Gasteiger partial charge in [-0.1, -0.05) is 17.8 Å². The van der Waals surface area contributed by atoms with Crippen LogP contribution in [0.2, 0.25) is 0 Å². The van der Waals surface area contributed by atoms with E-state index in [0.717, 1.165) is 5.69 Å². The molecule has 0 aromatic carbocycles. The monoisotopic (exact) mass is 390 g/mol. The van der Waals surface area contributed by atoms with Gasteiger partial charge >= 0.3 is 0 Å². The van der Waals surface area contributed by atoms with Crippen LogP contribution in [-0.2, 0) is 10.5 Å². The van der Waals surface area contributed by atoms with Crippen LogP contribution >= 0.6 is 11.8 Å². The first-order valence-electron chi connectivity index (χ1n) is 8.23. The van der Waals surface area contributed by atoms with Crippen LogP contribution in [0.25, 0.3) is 11.2 Å². The SMILES string of the molecule is Nc1nc(SCc2ccccn2)c2ncn([C@@H]3O[C@@H](CO)[C@@H](O)[C@@H]3O)c2n1. The van der Waals surface area contributed by atoms with Crippen molar-refractivity contribution in [3.05, 3.63) is 36.4 Å². The number of imidazole rings is 1. The highest BCUT2D eigenvalue weighted by Crippen LogP contribution is 2.33. The van der Waals surface area contributed by atoms with Gasteiger partial charge in [-0.2, -0.15) is 4.98 Å². The zero-order valence-electron chi connectivity index (χ0n) is 14.1. The molecule has 1 aliphatic heterocycles. The first-order chi connectivity index (χ1) is 13.1. The minimum absolute atomic E-state index is 0.0551. The molecule has 0 amide bonds. The van der Waals surface area contributed by atoms with Crippen molar-refractivity contribution in [2.45, 2.75) is 35.3 Å². The lowest BCUT2D eigenvalue weighted by molar-refractivity contribution is -0.0511. The van der Waals surface area contributed by atoms with Crippen LogP contribution in [0.3, 0.4) is 0 Å². The molecule has 4 atom stereocenters. The van der Waals surface area contributed by atoms with Gasteiger partial charge in [-0.25, -0.2) is 9.97 Å². The van der Waals surface area contributed by atoms with Crippen molar-refractivity contribution in [2.75, 3.05) is 12.3 Å². The molecular formula is C16H18N6O4S. The number of nitrogens with two attached hydrogens (primary N) is 1. The molecule has 3 aromatic heterocycles. The molecule has 27 heavy (non-hydrogen) atoms. The topological polar surface area (TPSA) is 152 Å². The van der Waals surface area contributed by atoms with Gasteiger partial charge in [-0.15, -0.1) is 0 Å². The molecule has 1 fully saturated rings. The van der Waals surface area contributed by atoms with E-state index in [-0.39, 0.29) is 5.95 Å². The maximum absolute atomic E-state index is 10.3. The molecule has 10 nitrogen and oxygen atoms in total. The fourth-order valence-electron chi connectivity index (χ4n) is 2.93. The van der Waals surface area contributed by atoms with E-state index in [2.05, 4.69) is 19.9 Å². The van der Waals surface area contributed by atoms with E-state index < -0.39 is 31.1 Å². The summed E-state index contributed by atoms with van der Waals surface area (Å²) in [4.78, 5) is 17.1. The van der Waals surface area contributed by atoms with Crippen molar-refractivity contribution in [3.63, 3.8) is 0 Å². The number of aliphatic hydroxyl groups is 3. The number of nitrogen functional groups attached to an aromatic ring is 1. The number of thioether (sulfide) groups is 1. The second kappa shape index (κ2) is 7.37. The van der Waals surface area contributed by atoms with E-state index in [4.69, 9.17) is 10.5 Å². The van der Waals surface area contributed by atoms with Gasteiger partial charge in [0.1, 0.15) is 28.9 Å². The zero-order chi connectivity index (χ0) is 19.0. The van der Waals surface area contributed by atoms with E-state index in [9.17, 15) is 15.3 Å². The van der Waals surface area contributed by atoms with Gasteiger partial charge in [-0.3, -0.25) is 9.55 Å². The van der Waals surface area contributed by atoms with E-state index >= 15 is 0 Å². The summed E-state index contributed by atoms with van der Waals surface area (Å²) in [6, 6.07) is 5.66. The molecule has 1 saturated heterocycles. The molecular weight excluding hydrogens is 372 g/mol. The van der Waals surface area contributed by atoms with Crippen molar-refractivity contribution in [2.24, 2.45) is 0 Å². The van der Waals surface area contributed by atoms with Crippen LogP contribution in [0, 0.1) is 0 Å². The molecule has 0 aliphatic carbocycles. The second-order valence-electron chi connectivity index (χ2n) is 6.05. The number of aromatic nitrogens is 5. The van der Waals surface area contributed by atoms with Gasteiger partial charge < -0.3 is 25.8 Å². The van der Waals surface area contributed by atoms with Crippen LogP contribution in [0.5, 0.6) is 0 Å². The molecule has 0 spiro atoms. The third-order valence-corrected chi connectivity index (χ3v) is 5.28. The number of hydrogen-bond donors (Lipinski definition) is 4. The fraction of sp³-hybridized carbons (Fsp3) is 0.375. The second-order valence-corrected chi connectivity index (χ2v) is 7.01. The maximum atomic E-state index is 10.3. The van der Waals surface area contributed by atoms with Gasteiger partial charge in [0.05, 0.1) is 18.6 Å². The van der Waals surface area contributed by atoms with Crippen LogP contribution in [-0.4, -0.2) is 64.7 Å². The van der Waals surface area contributed by atoms with Crippen molar-refractivity contribution in [3.8, 4) is 0 Å². The molecule has 11 heteroatoms. The number of anilines is 1. The normalized spacial score (nSPS) is 25.3. The lowest BCUT2D eigenvalue weighted by Gasteiger charge is -2.16. The Morgan fingerprint density at radius 2 is 2.04 bits per heavy atom. The highest BCUT2D eigenvalue weighted by molar-refractivity contribution is 7.98. The molecule has 0 unspecified atom stereocenters. The van der Waals surface area contributed by atoms with Gasteiger partial charge in [0.2, 0.25) is 5.95 Å². The van der Waals surface area contributed by atoms with E-state index in [0.29, 0.717) is 21.9 Å². The molecule has 0 bridgehead atoms. The van der Waals surface area contributed by atoms with Gasteiger partial charge in [0.15, 0.2) is 11.9 Å². The lowest BCUT2D eigenvalue weighted by atomic mass is 10.1. The summed E-state index contributed by atoms with van der Waals surface area (Å²) in [6.45, 7) is -0.413. The largest absolute Gasteiger partial charge is 0.394 e. The summed E-state index contributed by atoms with van der Waals surface area (Å²) < 4.78 is 7.04. The number of fused-ring (bicyclic) bond motifs is 1. The highest BCUT2D eigenvalue weighted by atomic mass is 32.2. The third kappa shape index (κ3) is 3.35. The average Bonchev–Trinajstić information content (AvgIpc) is 3.22. The van der Waals surface area contributed by atoms with Gasteiger partial charge in [-0.05, 0) is 12.1 Å². The predicted molar refractivity (Wildman–Crippen MR) is 96.5 cm³/mol. The summed E-state index contributed by atoms with van der Waals surface area (Å²) >= 11 is 1.42. The van der Waals surface area contributed by atoms with Crippen molar-refractivity contribution < 1.29 is 20.1 Å². The van der Waals surface area contributed by atoms with Gasteiger partial charge in [0.25, 0.3) is 0 Å².